The zero-order valence-corrected chi connectivity index (χ0v) is 19.1. The van der Waals surface area contributed by atoms with Gasteiger partial charge in [0.25, 0.3) is 5.56 Å². The van der Waals surface area contributed by atoms with Crippen LogP contribution in [0.4, 0.5) is 0 Å². The smallest absolute Gasteiger partial charge is 0.328 e. The summed E-state index contributed by atoms with van der Waals surface area (Å²) in [5.41, 5.74) is 1.96. The van der Waals surface area contributed by atoms with E-state index in [1.165, 1.54) is 11.1 Å². The van der Waals surface area contributed by atoms with Gasteiger partial charge in [0, 0.05) is 32.1 Å². The van der Waals surface area contributed by atoms with Gasteiger partial charge >= 0.3 is 5.69 Å². The average Bonchev–Trinajstić information content (AvgIpc) is 2.82. The quantitative estimate of drug-likeness (QED) is 0.568. The van der Waals surface area contributed by atoms with Crippen molar-refractivity contribution >= 4 is 16.8 Å². The normalized spacial score (nSPS) is 13.1. The molecule has 1 aliphatic heterocycles. The van der Waals surface area contributed by atoms with E-state index in [0.29, 0.717) is 55.1 Å². The number of nitrogens with one attached hydrogen (secondary N) is 1. The molecule has 8 nitrogen and oxygen atoms in total. The fourth-order valence-electron chi connectivity index (χ4n) is 4.26. The molecule has 2 heterocycles. The summed E-state index contributed by atoms with van der Waals surface area (Å²) < 4.78 is 12.3. The van der Waals surface area contributed by atoms with Crippen LogP contribution in [-0.2, 0) is 24.3 Å². The molecule has 8 heteroatoms. The van der Waals surface area contributed by atoms with Gasteiger partial charge in [-0.1, -0.05) is 24.3 Å². The molecule has 4 rings (SSSR count). The molecule has 0 unspecified atom stereocenters. The Kier molecular flexibility index (Phi) is 6.82. The van der Waals surface area contributed by atoms with Crippen molar-refractivity contribution in [2.45, 2.75) is 46.2 Å². The van der Waals surface area contributed by atoms with E-state index in [4.69, 9.17) is 9.47 Å². The number of fused-ring (bicyclic) bond motifs is 2. The first-order valence-electron chi connectivity index (χ1n) is 11.4. The van der Waals surface area contributed by atoms with Gasteiger partial charge in [-0.3, -0.25) is 14.2 Å². The summed E-state index contributed by atoms with van der Waals surface area (Å²) in [6, 6.07) is 11.4. The number of aromatic amines is 1. The molecule has 0 saturated carbocycles. The summed E-state index contributed by atoms with van der Waals surface area (Å²) in [5.74, 6) is 0.978. The lowest BCUT2D eigenvalue weighted by Crippen LogP contribution is -2.37. The Balaban J connectivity index is 1.48. The third kappa shape index (κ3) is 4.79. The number of carbonyl (C=O) groups is 1. The number of amides is 1. The molecule has 3 aromatic rings. The summed E-state index contributed by atoms with van der Waals surface area (Å²) >= 11 is 0. The van der Waals surface area contributed by atoms with Gasteiger partial charge in [0.1, 0.15) is 0 Å². The number of benzene rings is 2. The first-order chi connectivity index (χ1) is 16.0. The lowest BCUT2D eigenvalue weighted by atomic mass is 9.99. The van der Waals surface area contributed by atoms with Crippen molar-refractivity contribution in [3.05, 3.63) is 68.4 Å². The molecule has 1 aromatic heterocycles. The van der Waals surface area contributed by atoms with Crippen molar-refractivity contribution in [1.29, 1.82) is 0 Å². The van der Waals surface area contributed by atoms with Crippen LogP contribution >= 0.6 is 0 Å². The minimum Gasteiger partial charge on any atom is -0.490 e. The summed E-state index contributed by atoms with van der Waals surface area (Å²) in [5, 5.41) is 0.348. The molecule has 0 spiro atoms. The summed E-state index contributed by atoms with van der Waals surface area (Å²) in [4.78, 5) is 43.0. The lowest BCUT2D eigenvalue weighted by Gasteiger charge is -2.29. The fraction of sp³-hybridized carbons (Fsp3) is 0.400. The average molecular weight is 452 g/mol. The summed E-state index contributed by atoms with van der Waals surface area (Å²) in [7, 11) is 0. The van der Waals surface area contributed by atoms with Crippen LogP contribution < -0.4 is 20.7 Å². The molecule has 33 heavy (non-hydrogen) atoms. The lowest BCUT2D eigenvalue weighted by molar-refractivity contribution is -0.132. The predicted octanol–water partition coefficient (Wildman–Crippen LogP) is 2.85. The number of rotatable bonds is 8. The monoisotopic (exact) mass is 451 g/mol. The topological polar surface area (TPSA) is 93.6 Å². The third-order valence-electron chi connectivity index (χ3n) is 5.90. The van der Waals surface area contributed by atoms with Gasteiger partial charge in [-0.25, -0.2) is 4.79 Å². The maximum Gasteiger partial charge on any atom is 0.328 e. The molecule has 0 aliphatic carbocycles. The second-order valence-corrected chi connectivity index (χ2v) is 8.04. The van der Waals surface area contributed by atoms with E-state index in [1.54, 1.807) is 12.1 Å². The number of ether oxygens (including phenoxy) is 2. The van der Waals surface area contributed by atoms with Gasteiger partial charge in [-0.15, -0.1) is 0 Å². The maximum absolute atomic E-state index is 13.0. The van der Waals surface area contributed by atoms with Gasteiger partial charge in [0.05, 0.1) is 24.1 Å². The number of carbonyl (C=O) groups excluding carboxylic acids is 1. The van der Waals surface area contributed by atoms with Gasteiger partial charge < -0.3 is 19.4 Å². The molecule has 0 bridgehead atoms. The van der Waals surface area contributed by atoms with Crippen molar-refractivity contribution in [2.75, 3.05) is 19.8 Å². The highest BCUT2D eigenvalue weighted by molar-refractivity contribution is 5.81. The molecule has 174 valence electrons. The van der Waals surface area contributed by atoms with Gasteiger partial charge in [-0.2, -0.15) is 0 Å². The van der Waals surface area contributed by atoms with Crippen molar-refractivity contribution < 1.29 is 14.3 Å². The second kappa shape index (κ2) is 9.94. The second-order valence-electron chi connectivity index (χ2n) is 8.04. The van der Waals surface area contributed by atoms with Crippen LogP contribution in [0.25, 0.3) is 10.9 Å². The molecule has 1 N–H and O–H groups in total. The van der Waals surface area contributed by atoms with Crippen LogP contribution in [0.5, 0.6) is 11.5 Å². The highest BCUT2D eigenvalue weighted by atomic mass is 16.5. The Morgan fingerprint density at radius 3 is 2.45 bits per heavy atom. The van der Waals surface area contributed by atoms with E-state index in [0.717, 1.165) is 11.0 Å². The van der Waals surface area contributed by atoms with Crippen molar-refractivity contribution in [2.24, 2.45) is 0 Å². The zero-order valence-electron chi connectivity index (χ0n) is 19.1. The molecule has 0 saturated heterocycles. The number of H-pyrrole nitrogens is 1. The number of hydrogen-bond acceptors (Lipinski definition) is 5. The SMILES string of the molecule is CCOc1cc2[nH]c(=O)n(CCCC(=O)N3CCc4ccccc4C3)c(=O)c2cc1OCC. The first kappa shape index (κ1) is 22.6. The van der Waals surface area contributed by atoms with E-state index in [-0.39, 0.29) is 18.9 Å². The highest BCUT2D eigenvalue weighted by Gasteiger charge is 2.20. The Hall–Kier alpha value is -3.55. The highest BCUT2D eigenvalue weighted by Crippen LogP contribution is 2.30. The summed E-state index contributed by atoms with van der Waals surface area (Å²) in [6.45, 7) is 6.02. The number of hydrogen-bond donors (Lipinski definition) is 1. The Labute approximate surface area is 191 Å². The van der Waals surface area contributed by atoms with Crippen molar-refractivity contribution in [3.8, 4) is 11.5 Å². The molecule has 2 aromatic carbocycles. The minimum absolute atomic E-state index is 0.0368. The first-order valence-corrected chi connectivity index (χ1v) is 11.4. The maximum atomic E-state index is 13.0. The Morgan fingerprint density at radius 2 is 1.73 bits per heavy atom. The zero-order chi connectivity index (χ0) is 23.4. The van der Waals surface area contributed by atoms with E-state index < -0.39 is 11.2 Å². The molecule has 0 atom stereocenters. The molecular weight excluding hydrogens is 422 g/mol. The van der Waals surface area contributed by atoms with Crippen molar-refractivity contribution in [1.82, 2.24) is 14.5 Å². The molecule has 0 fully saturated rings. The predicted molar refractivity (Wildman–Crippen MR) is 126 cm³/mol. The van der Waals surface area contributed by atoms with Crippen LogP contribution in [0.2, 0.25) is 0 Å². The van der Waals surface area contributed by atoms with E-state index in [1.807, 2.05) is 30.9 Å². The Bertz CT molecular complexity index is 1280. The van der Waals surface area contributed by atoms with Crippen LogP contribution in [0.3, 0.4) is 0 Å². The number of aromatic nitrogens is 2. The largest absolute Gasteiger partial charge is 0.490 e. The molecule has 1 amide bonds. The van der Waals surface area contributed by atoms with Gasteiger partial charge in [-0.05, 0) is 43.9 Å². The molecular formula is C25H29N3O5. The van der Waals surface area contributed by atoms with Gasteiger partial charge in [0.15, 0.2) is 11.5 Å². The fourth-order valence-corrected chi connectivity index (χ4v) is 4.26. The van der Waals surface area contributed by atoms with Gasteiger partial charge in [0.2, 0.25) is 5.91 Å². The molecule has 0 radical (unpaired) electrons. The summed E-state index contributed by atoms with van der Waals surface area (Å²) in [6.07, 6.45) is 1.53. The van der Waals surface area contributed by atoms with E-state index >= 15 is 0 Å². The van der Waals surface area contributed by atoms with E-state index in [9.17, 15) is 14.4 Å². The van der Waals surface area contributed by atoms with Crippen LogP contribution in [0, 0.1) is 0 Å². The minimum atomic E-state index is -0.501. The number of nitrogens with zero attached hydrogens (tertiary/aromatic N) is 2. The van der Waals surface area contributed by atoms with Crippen LogP contribution in [-0.4, -0.2) is 40.1 Å². The van der Waals surface area contributed by atoms with Crippen molar-refractivity contribution in [3.63, 3.8) is 0 Å². The standard InChI is InChI=1S/C25H29N3O5/c1-3-32-21-14-19-20(15-22(21)33-4-2)26-25(31)28(24(19)30)12-7-10-23(29)27-13-11-17-8-5-6-9-18(17)16-27/h5-6,8-9,14-15H,3-4,7,10-13,16H2,1-2H3,(H,26,31). The Morgan fingerprint density at radius 1 is 1.03 bits per heavy atom. The third-order valence-corrected chi connectivity index (χ3v) is 5.90. The van der Waals surface area contributed by atoms with Crippen LogP contribution in [0.1, 0.15) is 37.8 Å². The van der Waals surface area contributed by atoms with Crippen LogP contribution in [0.15, 0.2) is 46.0 Å². The molecule has 1 aliphatic rings. The van der Waals surface area contributed by atoms with E-state index in [2.05, 4.69) is 17.1 Å².